The number of nitrogens with zero attached hydrogens (tertiary/aromatic N) is 2. The van der Waals surface area contributed by atoms with E-state index in [-0.39, 0.29) is 24.6 Å². The zero-order valence-electron chi connectivity index (χ0n) is 20.5. The van der Waals surface area contributed by atoms with Gasteiger partial charge in [-0.1, -0.05) is 6.07 Å². The number of carbonyl (C=O) groups is 1. The van der Waals surface area contributed by atoms with Crippen molar-refractivity contribution in [1.82, 2.24) is 9.88 Å². The number of likely N-dealkylation sites (tertiary alicyclic amines) is 1. The van der Waals surface area contributed by atoms with Crippen LogP contribution in [0, 0.1) is 5.41 Å². The highest BCUT2D eigenvalue weighted by atomic mass is 32.1. The summed E-state index contributed by atoms with van der Waals surface area (Å²) < 4.78 is 21.3. The Hall–Kier alpha value is -2.20. The number of pyridine rings is 1. The van der Waals surface area contributed by atoms with Gasteiger partial charge >= 0.3 is 5.97 Å². The number of alkyl halides is 1. The van der Waals surface area contributed by atoms with E-state index in [1.807, 2.05) is 12.1 Å². The van der Waals surface area contributed by atoms with Crippen LogP contribution in [0.1, 0.15) is 59.5 Å². The largest absolute Gasteiger partial charge is 0.497 e. The van der Waals surface area contributed by atoms with Crippen LogP contribution >= 0.6 is 24.0 Å². The third-order valence-electron chi connectivity index (χ3n) is 7.41. The van der Waals surface area contributed by atoms with Crippen molar-refractivity contribution in [1.29, 1.82) is 0 Å². The predicted molar refractivity (Wildman–Crippen MR) is 146 cm³/mol. The number of benzene rings is 1. The van der Waals surface area contributed by atoms with Gasteiger partial charge in [0, 0.05) is 40.4 Å². The first-order valence-corrected chi connectivity index (χ1v) is 13.7. The lowest BCUT2D eigenvalue weighted by Crippen LogP contribution is -2.42. The monoisotopic (exact) mass is 531 g/mol. The Morgan fingerprint density at radius 3 is 2.78 bits per heavy atom. The van der Waals surface area contributed by atoms with Gasteiger partial charge in [-0.15, -0.1) is 11.3 Å². The number of aromatic nitrogens is 1. The van der Waals surface area contributed by atoms with Crippen molar-refractivity contribution >= 4 is 40.8 Å². The smallest absolute Gasteiger partial charge is 0.303 e. The lowest BCUT2D eigenvalue weighted by atomic mass is 9.71. The summed E-state index contributed by atoms with van der Waals surface area (Å²) >= 11 is 6.47. The van der Waals surface area contributed by atoms with Crippen LogP contribution in [0.2, 0.25) is 0 Å². The Bertz CT molecular complexity index is 1160. The molecule has 0 saturated carbocycles. The molecule has 0 aliphatic carbocycles. The molecule has 6 nitrogen and oxygen atoms in total. The van der Waals surface area contributed by atoms with Crippen molar-refractivity contribution in [3.63, 3.8) is 0 Å². The topological polar surface area (TPSA) is 88.7 Å². The van der Waals surface area contributed by atoms with Gasteiger partial charge < -0.3 is 20.5 Å². The van der Waals surface area contributed by atoms with Crippen LogP contribution in [-0.4, -0.2) is 47.7 Å². The summed E-state index contributed by atoms with van der Waals surface area (Å²) in [6.45, 7) is 2.58. The van der Waals surface area contributed by atoms with E-state index in [9.17, 15) is 9.90 Å². The summed E-state index contributed by atoms with van der Waals surface area (Å²) in [6.07, 6.45) is 2.62. The minimum Gasteiger partial charge on any atom is -0.497 e. The SMILES string of the molecule is COc1ccc2ncc(CN)c([C@@H](F)CCC3(CC(=O)O)CCN(CC(S)c4cccs4)CC3)c2c1. The van der Waals surface area contributed by atoms with Crippen LogP contribution in [0.3, 0.4) is 0 Å². The molecule has 3 N–H and O–H groups in total. The number of hydrogen-bond acceptors (Lipinski definition) is 7. The highest BCUT2D eigenvalue weighted by Crippen LogP contribution is 2.44. The Kier molecular flexibility index (Phi) is 8.87. The quantitative estimate of drug-likeness (QED) is 0.272. The Morgan fingerprint density at radius 2 is 2.14 bits per heavy atom. The maximum atomic E-state index is 15.9. The molecule has 0 bridgehead atoms. The normalized spacial score (nSPS) is 17.7. The summed E-state index contributed by atoms with van der Waals surface area (Å²) in [5, 5.41) is 12.6. The van der Waals surface area contributed by atoms with Crippen molar-refractivity contribution in [3.8, 4) is 5.75 Å². The lowest BCUT2D eigenvalue weighted by molar-refractivity contribution is -0.141. The van der Waals surface area contributed by atoms with Gasteiger partial charge in [0.15, 0.2) is 0 Å². The molecular weight excluding hydrogens is 497 g/mol. The summed E-state index contributed by atoms with van der Waals surface area (Å²) in [5.41, 5.74) is 7.41. The number of thiophene rings is 1. The Balaban J connectivity index is 1.48. The zero-order chi connectivity index (χ0) is 25.7. The first kappa shape index (κ1) is 26.9. The van der Waals surface area contributed by atoms with Gasteiger partial charge in [0.2, 0.25) is 0 Å². The van der Waals surface area contributed by atoms with Crippen molar-refractivity contribution in [2.75, 3.05) is 26.7 Å². The number of aliphatic carboxylic acids is 1. The number of halogens is 1. The van der Waals surface area contributed by atoms with E-state index in [2.05, 4.69) is 21.3 Å². The molecule has 1 aliphatic heterocycles. The van der Waals surface area contributed by atoms with Gasteiger partial charge in [-0.2, -0.15) is 12.6 Å². The second-order valence-electron chi connectivity index (χ2n) is 9.69. The molecule has 3 heterocycles. The highest BCUT2D eigenvalue weighted by molar-refractivity contribution is 7.80. The molecule has 2 atom stereocenters. The summed E-state index contributed by atoms with van der Waals surface area (Å²) in [5.74, 6) is -0.196. The Labute approximate surface area is 221 Å². The van der Waals surface area contributed by atoms with E-state index < -0.39 is 17.6 Å². The molecule has 1 aromatic carbocycles. The molecule has 4 rings (SSSR count). The third-order valence-corrected chi connectivity index (χ3v) is 9.01. The number of hydrogen-bond donors (Lipinski definition) is 3. The van der Waals surface area contributed by atoms with Crippen LogP contribution in [0.15, 0.2) is 41.9 Å². The number of ether oxygens (including phenoxy) is 1. The van der Waals surface area contributed by atoms with Crippen molar-refractivity contribution < 1.29 is 19.0 Å². The predicted octanol–water partition coefficient (Wildman–Crippen LogP) is 5.78. The van der Waals surface area contributed by atoms with Gasteiger partial charge in [0.05, 0.1) is 19.0 Å². The molecule has 3 aromatic rings. The van der Waals surface area contributed by atoms with Crippen LogP contribution < -0.4 is 10.5 Å². The van der Waals surface area contributed by atoms with Gasteiger partial charge in [0.25, 0.3) is 0 Å². The number of piperidine rings is 1. The van der Waals surface area contributed by atoms with Crippen molar-refractivity contribution in [2.24, 2.45) is 11.1 Å². The minimum atomic E-state index is -1.27. The lowest BCUT2D eigenvalue weighted by Gasteiger charge is -2.42. The van der Waals surface area contributed by atoms with E-state index in [0.717, 1.165) is 32.5 Å². The average molecular weight is 532 g/mol. The van der Waals surface area contributed by atoms with Crippen LogP contribution in [-0.2, 0) is 11.3 Å². The number of thiol groups is 1. The average Bonchev–Trinajstić information content (AvgIpc) is 3.42. The molecule has 9 heteroatoms. The minimum absolute atomic E-state index is 0.0530. The molecule has 0 spiro atoms. The van der Waals surface area contributed by atoms with Gasteiger partial charge in [0.1, 0.15) is 11.9 Å². The molecule has 1 fully saturated rings. The molecule has 1 saturated heterocycles. The van der Waals surface area contributed by atoms with Gasteiger partial charge in [-0.3, -0.25) is 9.78 Å². The Morgan fingerprint density at radius 1 is 1.36 bits per heavy atom. The molecular formula is C27H34FN3O3S2. The van der Waals surface area contributed by atoms with Crippen molar-refractivity contribution in [2.45, 2.75) is 50.1 Å². The number of methoxy groups -OCH3 is 1. The second-order valence-corrected chi connectivity index (χ2v) is 11.3. The summed E-state index contributed by atoms with van der Waals surface area (Å²) in [4.78, 5) is 19.8. The van der Waals surface area contributed by atoms with E-state index in [1.54, 1.807) is 36.8 Å². The molecule has 0 radical (unpaired) electrons. The maximum absolute atomic E-state index is 15.9. The van der Waals surface area contributed by atoms with Gasteiger partial charge in [-0.05, 0) is 79.4 Å². The third kappa shape index (κ3) is 6.19. The summed E-state index contributed by atoms with van der Waals surface area (Å²) in [7, 11) is 1.58. The number of nitrogens with two attached hydrogens (primary N) is 1. The van der Waals surface area contributed by atoms with E-state index >= 15 is 4.39 Å². The number of carboxylic acids is 1. The molecule has 1 unspecified atom stereocenters. The fourth-order valence-electron chi connectivity index (χ4n) is 5.33. The fourth-order valence-corrected chi connectivity index (χ4v) is 6.53. The summed E-state index contributed by atoms with van der Waals surface area (Å²) in [6, 6.07) is 9.55. The second kappa shape index (κ2) is 11.9. The van der Waals surface area contributed by atoms with Crippen LogP contribution in [0.5, 0.6) is 5.75 Å². The fraction of sp³-hybridized carbons (Fsp3) is 0.481. The zero-order valence-corrected chi connectivity index (χ0v) is 22.2. The van der Waals surface area contributed by atoms with Crippen molar-refractivity contribution in [3.05, 3.63) is 57.9 Å². The van der Waals surface area contributed by atoms with E-state index in [1.165, 1.54) is 4.88 Å². The van der Waals surface area contributed by atoms with Crippen LogP contribution in [0.25, 0.3) is 10.9 Å². The molecule has 0 amide bonds. The molecule has 2 aromatic heterocycles. The first-order chi connectivity index (χ1) is 17.3. The number of fused-ring (bicyclic) bond motifs is 1. The molecule has 36 heavy (non-hydrogen) atoms. The first-order valence-electron chi connectivity index (χ1n) is 12.3. The van der Waals surface area contributed by atoms with Crippen LogP contribution in [0.4, 0.5) is 4.39 Å². The number of carboxylic acid groups (broad SMARTS) is 1. The highest BCUT2D eigenvalue weighted by Gasteiger charge is 2.37. The van der Waals surface area contributed by atoms with E-state index in [0.29, 0.717) is 34.2 Å². The maximum Gasteiger partial charge on any atom is 0.303 e. The van der Waals surface area contributed by atoms with Gasteiger partial charge in [-0.25, -0.2) is 4.39 Å². The molecule has 1 aliphatic rings. The number of rotatable bonds is 11. The van der Waals surface area contributed by atoms with E-state index in [4.69, 9.17) is 23.1 Å². The standard InChI is InChI=1S/C27H34FN3O3S2/c1-34-19-4-5-22-20(13-19)26(18(15-29)16-30-22)21(28)6-7-27(14-25(32)33)8-10-31(11-9-27)17-23(35)24-3-2-12-36-24/h2-5,12-13,16,21,23,35H,6-11,14-15,17,29H2,1H3,(H,32,33)/t21-,23?/m0/s1. The molecule has 194 valence electrons.